The van der Waals surface area contributed by atoms with E-state index in [1.165, 1.54) is 5.56 Å². The first-order valence-electron chi connectivity index (χ1n) is 11.6. The molecule has 6 rings (SSSR count). The van der Waals surface area contributed by atoms with E-state index in [0.717, 1.165) is 31.1 Å². The van der Waals surface area contributed by atoms with Gasteiger partial charge in [-0.15, -0.1) is 0 Å². The lowest BCUT2D eigenvalue weighted by Gasteiger charge is -2.33. The number of nitrogens with zero attached hydrogens (tertiary/aromatic N) is 2. The van der Waals surface area contributed by atoms with Crippen LogP contribution >= 0.6 is 0 Å². The number of hydrogen-bond donors (Lipinski definition) is 1. The first-order chi connectivity index (χ1) is 16.2. The standard InChI is InChI=1S/C25H28FN3O4/c26-24-14-31-8-7-29(24)21-4-2-1-3-17(21)25(30)27-10-18-19-12-28(13-20(18)19)11-16-5-6-22-23(9-16)33-15-32-22/h1-6,9,18-20,24H,7-8,10-15H2,(H,27,30). The number of carbonyl (C=O) groups is 1. The van der Waals surface area contributed by atoms with Gasteiger partial charge in [-0.2, -0.15) is 0 Å². The molecule has 2 aromatic rings. The van der Waals surface area contributed by atoms with Gasteiger partial charge in [-0.05, 0) is 47.6 Å². The average molecular weight is 454 g/mol. The smallest absolute Gasteiger partial charge is 0.253 e. The second-order valence-electron chi connectivity index (χ2n) is 9.30. The summed E-state index contributed by atoms with van der Waals surface area (Å²) in [5, 5.41) is 3.11. The highest BCUT2D eigenvalue weighted by Crippen LogP contribution is 2.51. The Morgan fingerprint density at radius 3 is 2.76 bits per heavy atom. The normalized spacial score (nSPS) is 28.0. The van der Waals surface area contributed by atoms with Crippen molar-refractivity contribution in [2.45, 2.75) is 12.8 Å². The van der Waals surface area contributed by atoms with Gasteiger partial charge in [-0.3, -0.25) is 9.69 Å². The van der Waals surface area contributed by atoms with Crippen molar-refractivity contribution in [3.05, 3.63) is 53.6 Å². The van der Waals surface area contributed by atoms with Gasteiger partial charge in [0.05, 0.1) is 24.5 Å². The van der Waals surface area contributed by atoms with Crippen LogP contribution in [0.1, 0.15) is 15.9 Å². The fourth-order valence-corrected chi connectivity index (χ4v) is 5.53. The summed E-state index contributed by atoms with van der Waals surface area (Å²) < 4.78 is 30.4. The summed E-state index contributed by atoms with van der Waals surface area (Å²) in [4.78, 5) is 17.0. The Balaban J connectivity index is 1.02. The average Bonchev–Trinajstić information content (AvgIpc) is 3.17. The Morgan fingerprint density at radius 1 is 1.09 bits per heavy atom. The maximum Gasteiger partial charge on any atom is 0.253 e. The number of nitrogens with one attached hydrogen (secondary N) is 1. The molecule has 1 saturated carbocycles. The van der Waals surface area contributed by atoms with Crippen LogP contribution in [0.3, 0.4) is 0 Å². The van der Waals surface area contributed by atoms with Crippen LogP contribution in [0.2, 0.25) is 0 Å². The maximum atomic E-state index is 14.4. The van der Waals surface area contributed by atoms with Gasteiger partial charge < -0.3 is 24.4 Å². The number of carbonyl (C=O) groups excluding carboxylic acids is 1. The number of benzene rings is 2. The fourth-order valence-electron chi connectivity index (χ4n) is 5.53. The highest BCUT2D eigenvalue weighted by molar-refractivity contribution is 5.99. The fraction of sp³-hybridized carbons (Fsp3) is 0.480. The summed E-state index contributed by atoms with van der Waals surface area (Å²) in [6, 6.07) is 13.4. The SMILES string of the molecule is O=C(NCC1C2CN(Cc3ccc4c(c3)OCO4)CC12)c1ccccc1N1CCOCC1F. The second-order valence-corrected chi connectivity index (χ2v) is 9.30. The van der Waals surface area contributed by atoms with Crippen molar-refractivity contribution < 1.29 is 23.4 Å². The number of halogens is 1. The minimum absolute atomic E-state index is 0.0319. The van der Waals surface area contributed by atoms with Crippen LogP contribution in [0.5, 0.6) is 11.5 Å². The van der Waals surface area contributed by atoms with E-state index in [9.17, 15) is 9.18 Å². The number of ether oxygens (including phenoxy) is 3. The number of para-hydroxylation sites is 1. The third-order valence-electron chi connectivity index (χ3n) is 7.32. The number of piperidine rings is 1. The second kappa shape index (κ2) is 8.50. The molecule has 8 heteroatoms. The molecule has 3 aliphatic heterocycles. The summed E-state index contributed by atoms with van der Waals surface area (Å²) in [5.74, 6) is 3.29. The Kier molecular flexibility index (Phi) is 5.34. The van der Waals surface area contributed by atoms with Crippen molar-refractivity contribution in [3.8, 4) is 11.5 Å². The third kappa shape index (κ3) is 4.02. The van der Waals surface area contributed by atoms with Crippen molar-refractivity contribution >= 4 is 11.6 Å². The molecule has 0 spiro atoms. The maximum absolute atomic E-state index is 14.4. The lowest BCUT2D eigenvalue weighted by molar-refractivity contribution is 0.0495. The molecule has 1 N–H and O–H groups in total. The highest BCUT2D eigenvalue weighted by Gasteiger charge is 2.55. The van der Waals surface area contributed by atoms with E-state index in [2.05, 4.69) is 22.3 Å². The van der Waals surface area contributed by atoms with Crippen molar-refractivity contribution in [3.63, 3.8) is 0 Å². The van der Waals surface area contributed by atoms with E-state index in [4.69, 9.17) is 14.2 Å². The van der Waals surface area contributed by atoms with Crippen LogP contribution in [0.15, 0.2) is 42.5 Å². The van der Waals surface area contributed by atoms with Gasteiger partial charge in [-0.1, -0.05) is 18.2 Å². The molecule has 1 amide bonds. The first kappa shape index (κ1) is 20.7. The van der Waals surface area contributed by atoms with Crippen LogP contribution in [-0.4, -0.2) is 63.3 Å². The van der Waals surface area contributed by atoms with Crippen LogP contribution in [0.25, 0.3) is 0 Å². The van der Waals surface area contributed by atoms with Gasteiger partial charge in [0.2, 0.25) is 6.79 Å². The van der Waals surface area contributed by atoms with Crippen molar-refractivity contribution in [2.24, 2.45) is 17.8 Å². The zero-order valence-corrected chi connectivity index (χ0v) is 18.4. The zero-order valence-electron chi connectivity index (χ0n) is 18.4. The zero-order chi connectivity index (χ0) is 22.4. The Labute approximate surface area is 192 Å². The van der Waals surface area contributed by atoms with Crippen LogP contribution in [0.4, 0.5) is 10.1 Å². The molecule has 7 nitrogen and oxygen atoms in total. The van der Waals surface area contributed by atoms with Gasteiger partial charge in [0, 0.05) is 32.7 Å². The molecule has 33 heavy (non-hydrogen) atoms. The Hall–Kier alpha value is -2.84. The van der Waals surface area contributed by atoms with E-state index in [0.29, 0.717) is 55.5 Å². The molecule has 174 valence electrons. The first-order valence-corrected chi connectivity index (χ1v) is 11.6. The van der Waals surface area contributed by atoms with Crippen molar-refractivity contribution in [1.29, 1.82) is 0 Å². The lowest BCUT2D eigenvalue weighted by atomic mass is 10.1. The van der Waals surface area contributed by atoms with Crippen LogP contribution in [-0.2, 0) is 11.3 Å². The lowest BCUT2D eigenvalue weighted by Crippen LogP contribution is -2.44. The number of rotatable bonds is 6. The molecule has 3 heterocycles. The van der Waals surface area contributed by atoms with Crippen molar-refractivity contribution in [2.75, 3.05) is 51.1 Å². The molecule has 3 unspecified atom stereocenters. The largest absolute Gasteiger partial charge is 0.454 e. The van der Waals surface area contributed by atoms with Gasteiger partial charge in [0.15, 0.2) is 17.8 Å². The van der Waals surface area contributed by atoms with Crippen LogP contribution in [0, 0.1) is 17.8 Å². The number of hydrogen-bond acceptors (Lipinski definition) is 6. The summed E-state index contributed by atoms with van der Waals surface area (Å²) in [7, 11) is 0. The molecule has 1 aliphatic carbocycles. The van der Waals surface area contributed by atoms with Gasteiger partial charge >= 0.3 is 0 Å². The minimum atomic E-state index is -1.23. The Bertz CT molecular complexity index is 1040. The minimum Gasteiger partial charge on any atom is -0.454 e. The summed E-state index contributed by atoms with van der Waals surface area (Å²) in [5.41, 5.74) is 2.39. The third-order valence-corrected chi connectivity index (χ3v) is 7.32. The monoisotopic (exact) mass is 453 g/mol. The Morgan fingerprint density at radius 2 is 1.91 bits per heavy atom. The predicted molar refractivity (Wildman–Crippen MR) is 120 cm³/mol. The van der Waals surface area contributed by atoms with Gasteiger partial charge in [0.25, 0.3) is 5.91 Å². The molecule has 0 aromatic heterocycles. The van der Waals surface area contributed by atoms with E-state index in [-0.39, 0.29) is 12.5 Å². The van der Waals surface area contributed by atoms with E-state index in [1.54, 1.807) is 11.0 Å². The molecule has 3 fully saturated rings. The summed E-state index contributed by atoms with van der Waals surface area (Å²) >= 11 is 0. The van der Waals surface area contributed by atoms with E-state index >= 15 is 0 Å². The number of anilines is 1. The number of alkyl halides is 1. The molecule has 3 atom stereocenters. The quantitative estimate of drug-likeness (QED) is 0.679. The predicted octanol–water partition coefficient (Wildman–Crippen LogP) is 2.66. The molecule has 0 radical (unpaired) electrons. The number of fused-ring (bicyclic) bond motifs is 2. The van der Waals surface area contributed by atoms with Gasteiger partial charge in [-0.25, -0.2) is 4.39 Å². The number of likely N-dealkylation sites (tertiary alicyclic amines) is 1. The molecular formula is C25H28FN3O4. The molecule has 0 bridgehead atoms. The number of morpholine rings is 1. The molecule has 2 saturated heterocycles. The molecule has 4 aliphatic rings. The van der Waals surface area contributed by atoms with Crippen molar-refractivity contribution in [1.82, 2.24) is 10.2 Å². The van der Waals surface area contributed by atoms with E-state index < -0.39 is 6.30 Å². The van der Waals surface area contributed by atoms with E-state index in [1.807, 2.05) is 24.3 Å². The summed E-state index contributed by atoms with van der Waals surface area (Å²) in [6.07, 6.45) is -1.23. The molecule has 2 aromatic carbocycles. The van der Waals surface area contributed by atoms with Gasteiger partial charge in [0.1, 0.15) is 0 Å². The van der Waals surface area contributed by atoms with Crippen LogP contribution < -0.4 is 19.7 Å². The highest BCUT2D eigenvalue weighted by atomic mass is 19.1. The molecular weight excluding hydrogens is 425 g/mol. The topological polar surface area (TPSA) is 63.3 Å². The summed E-state index contributed by atoms with van der Waals surface area (Å²) in [6.45, 7) is 4.90. The number of amides is 1.